The van der Waals surface area contributed by atoms with Crippen molar-refractivity contribution in [2.24, 2.45) is 23.5 Å². The van der Waals surface area contributed by atoms with Crippen LogP contribution in [0.3, 0.4) is 0 Å². The molecule has 1 amide bonds. The number of carbonyl (C=O) groups excluding carboxylic acids is 4. The molecule has 2 fully saturated rings. The minimum atomic E-state index is -2.70. The highest BCUT2D eigenvalue weighted by Gasteiger charge is 2.64. The zero-order valence-electron chi connectivity index (χ0n) is 22.8. The van der Waals surface area contributed by atoms with Crippen LogP contribution in [0.15, 0.2) is 29.0 Å². The summed E-state index contributed by atoms with van der Waals surface area (Å²) in [4.78, 5) is 56.2. The number of hydrogen-bond donors (Lipinski definition) is 5. The summed E-state index contributed by atoms with van der Waals surface area (Å²) >= 11 is 0. The summed E-state index contributed by atoms with van der Waals surface area (Å²) in [5, 5.41) is 44.7. The van der Waals surface area contributed by atoms with Gasteiger partial charge in [-0.15, -0.1) is 0 Å². The summed E-state index contributed by atoms with van der Waals surface area (Å²) in [6.45, 7) is 3.95. The fraction of sp³-hybridized carbons (Fsp3) is 0.517. The predicted molar refractivity (Wildman–Crippen MR) is 143 cm³/mol. The number of ketones is 3. The molecule has 3 aliphatic carbocycles. The minimum absolute atomic E-state index is 0.0287. The molecule has 214 valence electrons. The van der Waals surface area contributed by atoms with E-state index < -0.39 is 58.0 Å². The number of nitrogens with two attached hydrogens (primary N) is 1. The number of primary amides is 1. The van der Waals surface area contributed by atoms with Crippen LogP contribution in [0.4, 0.5) is 0 Å². The lowest BCUT2D eigenvalue weighted by Crippen LogP contribution is -2.65. The van der Waals surface area contributed by atoms with E-state index in [1.165, 1.54) is 17.0 Å². The second-order valence-corrected chi connectivity index (χ2v) is 11.8. The number of nitrogens with zero attached hydrogens (tertiary/aromatic N) is 2. The highest BCUT2D eigenvalue weighted by atomic mass is 16.3. The third-order valence-corrected chi connectivity index (χ3v) is 9.15. The first-order valence-electron chi connectivity index (χ1n) is 13.5. The van der Waals surface area contributed by atoms with Crippen LogP contribution in [0.5, 0.6) is 5.75 Å². The van der Waals surface area contributed by atoms with E-state index in [1.54, 1.807) is 14.1 Å². The first-order chi connectivity index (χ1) is 18.8. The van der Waals surface area contributed by atoms with E-state index in [0.29, 0.717) is 17.0 Å². The van der Waals surface area contributed by atoms with Crippen LogP contribution in [0, 0.1) is 17.8 Å². The van der Waals surface area contributed by atoms with Gasteiger partial charge in [0.05, 0.1) is 18.2 Å². The molecule has 1 aromatic rings. The van der Waals surface area contributed by atoms with E-state index in [4.69, 9.17) is 5.73 Å². The number of phenolic OH excluding ortho intramolecular Hbond substituents is 1. The number of phenols is 1. The molecule has 6 N–H and O–H groups in total. The van der Waals surface area contributed by atoms with Crippen LogP contribution in [0.25, 0.3) is 5.76 Å². The highest BCUT2D eigenvalue weighted by molar-refractivity contribution is 6.24. The van der Waals surface area contributed by atoms with Gasteiger partial charge in [0, 0.05) is 17.1 Å². The molecule has 4 aliphatic rings. The summed E-state index contributed by atoms with van der Waals surface area (Å²) in [6, 6.07) is 1.64. The SMILES string of the molecule is CC1CCN(CC(=O)c2ccc(O)c3c2C[C@H]2C[C@H]4C(N(C)C)C(=O)C(C(N)=O)=C(O)[C@@]4(O)C(=O)C2=C3O)CC1. The third-order valence-electron chi connectivity index (χ3n) is 9.15. The predicted octanol–water partition coefficient (Wildman–Crippen LogP) is 0.879. The Bertz CT molecular complexity index is 1390. The summed E-state index contributed by atoms with van der Waals surface area (Å²) in [5.41, 5.74) is 2.20. The van der Waals surface area contributed by atoms with Gasteiger partial charge in [-0.05, 0) is 82.4 Å². The van der Waals surface area contributed by atoms with Gasteiger partial charge in [0.1, 0.15) is 22.8 Å². The molecular weight excluding hydrogens is 518 g/mol. The Morgan fingerprint density at radius 3 is 2.38 bits per heavy atom. The van der Waals surface area contributed by atoms with Crippen molar-refractivity contribution in [2.75, 3.05) is 33.7 Å². The zero-order chi connectivity index (χ0) is 29.3. The summed E-state index contributed by atoms with van der Waals surface area (Å²) in [7, 11) is 3.09. The summed E-state index contributed by atoms with van der Waals surface area (Å²) in [5.74, 6) is -6.72. The molecule has 11 nitrogen and oxygen atoms in total. The fourth-order valence-electron chi connectivity index (χ4n) is 7.01. The number of Topliss-reactive ketones (excluding diaryl/α,β-unsaturated/α-hetero) is 3. The van der Waals surface area contributed by atoms with Crippen LogP contribution < -0.4 is 5.73 Å². The number of aromatic hydroxyl groups is 1. The first-order valence-corrected chi connectivity index (χ1v) is 13.5. The maximum Gasteiger partial charge on any atom is 0.255 e. The molecule has 0 spiro atoms. The van der Waals surface area contributed by atoms with E-state index in [1.807, 2.05) is 0 Å². The van der Waals surface area contributed by atoms with Crippen molar-refractivity contribution in [3.63, 3.8) is 0 Å². The van der Waals surface area contributed by atoms with Gasteiger partial charge >= 0.3 is 0 Å². The minimum Gasteiger partial charge on any atom is -0.508 e. The van der Waals surface area contributed by atoms with Gasteiger partial charge in [-0.3, -0.25) is 29.0 Å². The molecule has 1 aliphatic heterocycles. The van der Waals surface area contributed by atoms with E-state index in [9.17, 15) is 39.6 Å². The number of aliphatic hydroxyl groups is 3. The monoisotopic (exact) mass is 553 g/mol. The van der Waals surface area contributed by atoms with E-state index >= 15 is 0 Å². The van der Waals surface area contributed by atoms with Crippen LogP contribution in [-0.4, -0.2) is 98.9 Å². The quantitative estimate of drug-likeness (QED) is 0.259. The van der Waals surface area contributed by atoms with E-state index in [2.05, 4.69) is 11.8 Å². The molecule has 5 rings (SSSR count). The molecule has 11 heteroatoms. The molecular formula is C29H35N3O8. The Labute approximate surface area is 231 Å². The second kappa shape index (κ2) is 9.83. The smallest absolute Gasteiger partial charge is 0.255 e. The molecule has 0 radical (unpaired) electrons. The van der Waals surface area contributed by atoms with Gasteiger partial charge in [-0.2, -0.15) is 0 Å². The number of likely N-dealkylation sites (tertiary alicyclic amines) is 1. The van der Waals surface area contributed by atoms with Crippen molar-refractivity contribution in [3.05, 3.63) is 45.7 Å². The lowest BCUT2D eigenvalue weighted by molar-refractivity contribution is -0.153. The number of rotatable bonds is 5. The number of aliphatic hydroxyl groups excluding tert-OH is 2. The number of carbonyl (C=O) groups is 4. The summed E-state index contributed by atoms with van der Waals surface area (Å²) in [6.07, 6.45) is 2.04. The number of likely N-dealkylation sites (N-methyl/N-ethyl adjacent to an activating group) is 1. The maximum absolute atomic E-state index is 13.9. The second-order valence-electron chi connectivity index (χ2n) is 11.8. The molecule has 0 bridgehead atoms. The number of benzene rings is 1. The van der Waals surface area contributed by atoms with Crippen LogP contribution in [0.1, 0.15) is 47.7 Å². The average Bonchev–Trinajstić information content (AvgIpc) is 2.87. The normalized spacial score (nSPS) is 29.4. The lowest BCUT2D eigenvalue weighted by atomic mass is 9.57. The molecule has 4 atom stereocenters. The van der Waals surface area contributed by atoms with Gasteiger partial charge in [0.15, 0.2) is 17.2 Å². The molecule has 1 unspecified atom stereocenters. The van der Waals surface area contributed by atoms with Gasteiger partial charge in [-0.25, -0.2) is 0 Å². The van der Waals surface area contributed by atoms with Gasteiger partial charge in [0.2, 0.25) is 5.78 Å². The van der Waals surface area contributed by atoms with E-state index in [0.717, 1.165) is 25.9 Å². The summed E-state index contributed by atoms with van der Waals surface area (Å²) < 4.78 is 0. The Morgan fingerprint density at radius 2 is 1.77 bits per heavy atom. The highest BCUT2D eigenvalue weighted by Crippen LogP contribution is 2.53. The average molecular weight is 554 g/mol. The molecule has 40 heavy (non-hydrogen) atoms. The number of hydrogen-bond acceptors (Lipinski definition) is 10. The standard InChI is InChI=1S/C29H35N3O8/c1-13-6-8-32(9-7-13)12-19(34)15-4-5-18(33)21-16(15)10-14-11-17-23(31(2)3)25(36)22(28(30)39)27(38)29(17,40)26(37)20(14)24(21)35/h4-5,13-14,17,23,33,35,38,40H,6-12H2,1-3H3,(H2,30,39)/t14-,17-,23?,29-/m0/s1. The van der Waals surface area contributed by atoms with Crippen molar-refractivity contribution in [3.8, 4) is 5.75 Å². The maximum atomic E-state index is 13.9. The molecule has 1 saturated heterocycles. The number of amides is 1. The van der Waals surface area contributed by atoms with Gasteiger partial charge in [-0.1, -0.05) is 6.92 Å². The Morgan fingerprint density at radius 1 is 1.12 bits per heavy atom. The molecule has 1 saturated carbocycles. The van der Waals surface area contributed by atoms with Crippen LogP contribution in [0.2, 0.25) is 0 Å². The Kier molecular flexibility index (Phi) is 6.88. The third kappa shape index (κ3) is 4.06. The molecule has 1 heterocycles. The Balaban J connectivity index is 1.60. The lowest BCUT2D eigenvalue weighted by Gasteiger charge is -2.50. The van der Waals surface area contributed by atoms with Crippen LogP contribution in [-0.2, 0) is 20.8 Å². The molecule has 0 aromatic heterocycles. The zero-order valence-corrected chi connectivity index (χ0v) is 22.8. The van der Waals surface area contributed by atoms with Gasteiger partial charge in [0.25, 0.3) is 5.91 Å². The topological polar surface area (TPSA) is 182 Å². The Hall–Kier alpha value is -3.54. The fourth-order valence-corrected chi connectivity index (χ4v) is 7.01. The van der Waals surface area contributed by atoms with Crippen molar-refractivity contribution in [2.45, 2.75) is 44.2 Å². The molecule has 1 aromatic carbocycles. The van der Waals surface area contributed by atoms with E-state index in [-0.39, 0.29) is 42.1 Å². The number of fused-ring (bicyclic) bond motifs is 3. The first kappa shape index (κ1) is 28.0. The van der Waals surface area contributed by atoms with Crippen molar-refractivity contribution >= 4 is 29.0 Å². The van der Waals surface area contributed by atoms with Crippen molar-refractivity contribution < 1.29 is 39.6 Å². The van der Waals surface area contributed by atoms with Crippen molar-refractivity contribution in [1.82, 2.24) is 9.80 Å². The number of piperidine rings is 1. The largest absolute Gasteiger partial charge is 0.508 e. The van der Waals surface area contributed by atoms with Crippen molar-refractivity contribution in [1.29, 1.82) is 0 Å². The van der Waals surface area contributed by atoms with Crippen LogP contribution >= 0.6 is 0 Å². The van der Waals surface area contributed by atoms with Gasteiger partial charge < -0.3 is 26.2 Å².